The van der Waals surface area contributed by atoms with E-state index >= 15 is 0 Å². The Morgan fingerprint density at radius 3 is 2.50 bits per heavy atom. The van der Waals surface area contributed by atoms with E-state index in [-0.39, 0.29) is 29.7 Å². The predicted molar refractivity (Wildman–Crippen MR) is 128 cm³/mol. The van der Waals surface area contributed by atoms with Gasteiger partial charge in [0.1, 0.15) is 0 Å². The van der Waals surface area contributed by atoms with E-state index in [2.05, 4.69) is 53.7 Å². The summed E-state index contributed by atoms with van der Waals surface area (Å²) < 4.78 is 25.2. The molecule has 1 aliphatic rings. The molecule has 0 aromatic heterocycles. The van der Waals surface area contributed by atoms with E-state index in [0.29, 0.717) is 25.6 Å². The minimum atomic E-state index is -3.02. The largest absolute Gasteiger partial charge is 0.357 e. The molecule has 6 nitrogen and oxygen atoms in total. The first kappa shape index (κ1) is 25.2. The number of guanidine groups is 1. The van der Waals surface area contributed by atoms with Crippen molar-refractivity contribution in [2.45, 2.75) is 46.0 Å². The second-order valence-corrected chi connectivity index (χ2v) is 9.34. The number of sulfonamides is 1. The molecule has 1 fully saturated rings. The lowest BCUT2D eigenvalue weighted by atomic mass is 10.0. The highest BCUT2D eigenvalue weighted by molar-refractivity contribution is 14.0. The standard InChI is InChI=1S/C20H34N4O2S.HI/c1-4-21-20(23-13-15-24-14-6-16-27(24,25)26)22-12-5-7-18-8-10-19(11-9-18)17(2)3;/h8-11,17H,4-7,12-16H2,1-3H3,(H2,21,22,23);1H. The Hall–Kier alpha value is -0.870. The molecule has 2 rings (SSSR count). The first-order valence-electron chi connectivity index (χ1n) is 10.0. The fourth-order valence-corrected chi connectivity index (χ4v) is 4.66. The summed E-state index contributed by atoms with van der Waals surface area (Å²) in [6, 6.07) is 8.83. The Kier molecular flexibility index (Phi) is 11.4. The third kappa shape index (κ3) is 8.24. The van der Waals surface area contributed by atoms with Gasteiger partial charge in [0.05, 0.1) is 5.75 Å². The number of nitrogens with one attached hydrogen (secondary N) is 2. The molecule has 2 N–H and O–H groups in total. The Morgan fingerprint density at radius 1 is 1.21 bits per heavy atom. The zero-order chi connectivity index (χ0) is 19.7. The van der Waals surface area contributed by atoms with Gasteiger partial charge >= 0.3 is 0 Å². The van der Waals surface area contributed by atoms with Crippen molar-refractivity contribution in [1.29, 1.82) is 0 Å². The van der Waals surface area contributed by atoms with Gasteiger partial charge in [-0.05, 0) is 43.2 Å². The minimum absolute atomic E-state index is 0. The van der Waals surface area contributed by atoms with Crippen LogP contribution in [0.2, 0.25) is 0 Å². The number of hydrogen-bond acceptors (Lipinski definition) is 3. The fraction of sp³-hybridized carbons (Fsp3) is 0.650. The van der Waals surface area contributed by atoms with Gasteiger partial charge in [0.15, 0.2) is 5.96 Å². The number of aryl methyl sites for hydroxylation is 1. The van der Waals surface area contributed by atoms with Gasteiger partial charge in [-0.15, -0.1) is 24.0 Å². The highest BCUT2D eigenvalue weighted by Crippen LogP contribution is 2.15. The minimum Gasteiger partial charge on any atom is -0.357 e. The molecular formula is C20H35IN4O2S. The van der Waals surface area contributed by atoms with Gasteiger partial charge in [0.25, 0.3) is 0 Å². The summed E-state index contributed by atoms with van der Waals surface area (Å²) in [5, 5.41) is 6.45. The van der Waals surface area contributed by atoms with Gasteiger partial charge in [-0.2, -0.15) is 0 Å². The molecule has 8 heteroatoms. The van der Waals surface area contributed by atoms with Crippen molar-refractivity contribution in [1.82, 2.24) is 14.9 Å². The van der Waals surface area contributed by atoms with Gasteiger partial charge in [0.2, 0.25) is 10.0 Å². The highest BCUT2D eigenvalue weighted by atomic mass is 127. The molecule has 160 valence electrons. The number of halogens is 1. The van der Waals surface area contributed by atoms with Gasteiger partial charge in [-0.3, -0.25) is 4.99 Å². The summed E-state index contributed by atoms with van der Waals surface area (Å²) in [6.07, 6.45) is 2.72. The number of nitrogens with zero attached hydrogens (tertiary/aromatic N) is 2. The van der Waals surface area contributed by atoms with E-state index in [0.717, 1.165) is 38.3 Å². The van der Waals surface area contributed by atoms with E-state index < -0.39 is 10.0 Å². The van der Waals surface area contributed by atoms with Crippen LogP contribution >= 0.6 is 24.0 Å². The summed E-state index contributed by atoms with van der Waals surface area (Å²) in [7, 11) is -3.02. The van der Waals surface area contributed by atoms with E-state index in [9.17, 15) is 8.42 Å². The maximum absolute atomic E-state index is 11.8. The molecule has 0 amide bonds. The summed E-state index contributed by atoms with van der Waals surface area (Å²) in [6.45, 7) is 9.66. The first-order valence-corrected chi connectivity index (χ1v) is 11.6. The quantitative estimate of drug-likeness (QED) is 0.227. The molecule has 0 bridgehead atoms. The number of aliphatic imine (C=N–C) groups is 1. The van der Waals surface area contributed by atoms with Crippen molar-refractivity contribution < 1.29 is 8.42 Å². The molecule has 1 aromatic carbocycles. The van der Waals surface area contributed by atoms with Crippen LogP contribution < -0.4 is 10.6 Å². The van der Waals surface area contributed by atoms with Crippen molar-refractivity contribution in [3.8, 4) is 0 Å². The molecule has 1 aliphatic heterocycles. The Labute approximate surface area is 187 Å². The third-order valence-corrected chi connectivity index (χ3v) is 6.70. The molecular weight excluding hydrogens is 487 g/mol. The average Bonchev–Trinajstić information content (AvgIpc) is 2.97. The van der Waals surface area contributed by atoms with Crippen LogP contribution in [0.25, 0.3) is 0 Å². The molecule has 1 aromatic rings. The maximum Gasteiger partial charge on any atom is 0.214 e. The van der Waals surface area contributed by atoms with E-state index in [4.69, 9.17) is 0 Å². The van der Waals surface area contributed by atoms with Crippen LogP contribution in [0.15, 0.2) is 29.3 Å². The molecule has 1 heterocycles. The van der Waals surface area contributed by atoms with Crippen LogP contribution in [-0.2, 0) is 16.4 Å². The molecule has 0 spiro atoms. The van der Waals surface area contributed by atoms with Crippen molar-refractivity contribution >= 4 is 40.0 Å². The van der Waals surface area contributed by atoms with Gasteiger partial charge in [-0.25, -0.2) is 12.7 Å². The molecule has 0 saturated carbocycles. The molecule has 0 aliphatic carbocycles. The lowest BCUT2D eigenvalue weighted by Crippen LogP contribution is -2.42. The molecule has 0 radical (unpaired) electrons. The van der Waals surface area contributed by atoms with Crippen molar-refractivity contribution in [3.05, 3.63) is 35.4 Å². The zero-order valence-electron chi connectivity index (χ0n) is 17.3. The van der Waals surface area contributed by atoms with Crippen LogP contribution in [0.4, 0.5) is 0 Å². The Bertz CT molecular complexity index is 705. The van der Waals surface area contributed by atoms with Crippen LogP contribution in [0.1, 0.15) is 50.7 Å². The highest BCUT2D eigenvalue weighted by Gasteiger charge is 2.27. The first-order chi connectivity index (χ1) is 12.9. The van der Waals surface area contributed by atoms with E-state index in [1.165, 1.54) is 11.1 Å². The van der Waals surface area contributed by atoms with Gasteiger partial charge < -0.3 is 10.6 Å². The molecule has 0 unspecified atom stereocenters. The van der Waals surface area contributed by atoms with Gasteiger partial charge in [0, 0.05) is 32.7 Å². The van der Waals surface area contributed by atoms with Crippen LogP contribution in [0.3, 0.4) is 0 Å². The summed E-state index contributed by atoms with van der Waals surface area (Å²) >= 11 is 0. The normalized spacial score (nSPS) is 16.8. The monoisotopic (exact) mass is 522 g/mol. The maximum atomic E-state index is 11.8. The Morgan fingerprint density at radius 2 is 1.93 bits per heavy atom. The molecule has 1 saturated heterocycles. The van der Waals surface area contributed by atoms with Crippen molar-refractivity contribution in [2.24, 2.45) is 4.99 Å². The Balaban J connectivity index is 0.00000392. The average molecular weight is 522 g/mol. The van der Waals surface area contributed by atoms with Crippen molar-refractivity contribution in [3.63, 3.8) is 0 Å². The summed E-state index contributed by atoms with van der Waals surface area (Å²) in [5.41, 5.74) is 2.71. The molecule has 28 heavy (non-hydrogen) atoms. The SMILES string of the molecule is CCNC(=NCCCc1ccc(C(C)C)cc1)NCCN1CCCS1(=O)=O.I. The van der Waals surface area contributed by atoms with Crippen LogP contribution in [0.5, 0.6) is 0 Å². The predicted octanol–water partition coefficient (Wildman–Crippen LogP) is 2.95. The van der Waals surface area contributed by atoms with Gasteiger partial charge in [-0.1, -0.05) is 38.1 Å². The van der Waals surface area contributed by atoms with Crippen LogP contribution in [0, 0.1) is 0 Å². The summed E-state index contributed by atoms with van der Waals surface area (Å²) in [4.78, 5) is 4.60. The van der Waals surface area contributed by atoms with E-state index in [1.807, 2.05) is 6.92 Å². The third-order valence-electron chi connectivity index (χ3n) is 4.74. The number of benzene rings is 1. The zero-order valence-corrected chi connectivity index (χ0v) is 20.4. The number of hydrogen-bond donors (Lipinski definition) is 2. The summed E-state index contributed by atoms with van der Waals surface area (Å²) in [5.74, 6) is 1.59. The van der Waals surface area contributed by atoms with E-state index in [1.54, 1.807) is 4.31 Å². The second kappa shape index (κ2) is 12.6. The fourth-order valence-electron chi connectivity index (χ4n) is 3.13. The number of rotatable bonds is 9. The molecule has 0 atom stereocenters. The van der Waals surface area contributed by atoms with Crippen molar-refractivity contribution in [2.75, 3.05) is 38.5 Å². The lowest BCUT2D eigenvalue weighted by molar-refractivity contribution is 0.445. The topological polar surface area (TPSA) is 73.8 Å². The smallest absolute Gasteiger partial charge is 0.214 e. The second-order valence-electron chi connectivity index (χ2n) is 7.26. The lowest BCUT2D eigenvalue weighted by Gasteiger charge is -2.16. The van der Waals surface area contributed by atoms with Crippen LogP contribution in [-0.4, -0.2) is 57.2 Å².